The molecule has 0 aliphatic carbocycles. The highest BCUT2D eigenvalue weighted by molar-refractivity contribution is 5.55. The Morgan fingerprint density at radius 3 is 2.75 bits per heavy atom. The standard InChI is InChI=1S/C14H15N5O/c15-10-12-9-11(5-6-16-12)13-17-14(18-20-13)19-7-3-1-2-4-8-19/h5-6,9H,1-4,7-8H2. The highest BCUT2D eigenvalue weighted by atomic mass is 16.5. The first-order valence-electron chi connectivity index (χ1n) is 6.82. The summed E-state index contributed by atoms with van der Waals surface area (Å²) in [7, 11) is 0. The maximum atomic E-state index is 8.86. The van der Waals surface area contributed by atoms with E-state index in [0.29, 0.717) is 17.5 Å². The Labute approximate surface area is 117 Å². The summed E-state index contributed by atoms with van der Waals surface area (Å²) in [5.74, 6) is 1.07. The highest BCUT2D eigenvalue weighted by Crippen LogP contribution is 2.22. The fourth-order valence-electron chi connectivity index (χ4n) is 2.36. The van der Waals surface area contributed by atoms with Gasteiger partial charge in [0.1, 0.15) is 11.8 Å². The van der Waals surface area contributed by atoms with Crippen LogP contribution in [0.4, 0.5) is 5.95 Å². The van der Waals surface area contributed by atoms with E-state index in [2.05, 4.69) is 20.0 Å². The van der Waals surface area contributed by atoms with Gasteiger partial charge < -0.3 is 9.42 Å². The van der Waals surface area contributed by atoms with E-state index in [1.54, 1.807) is 18.3 Å². The smallest absolute Gasteiger partial charge is 0.266 e. The number of hydrogen-bond donors (Lipinski definition) is 0. The first kappa shape index (κ1) is 12.6. The monoisotopic (exact) mass is 269 g/mol. The quantitative estimate of drug-likeness (QED) is 0.832. The number of pyridine rings is 1. The van der Waals surface area contributed by atoms with E-state index in [4.69, 9.17) is 9.78 Å². The van der Waals surface area contributed by atoms with Crippen LogP contribution in [-0.4, -0.2) is 28.2 Å². The van der Waals surface area contributed by atoms with Crippen LogP contribution in [0.5, 0.6) is 0 Å². The van der Waals surface area contributed by atoms with Crippen molar-refractivity contribution in [3.63, 3.8) is 0 Å². The van der Waals surface area contributed by atoms with Crippen molar-refractivity contribution >= 4 is 5.95 Å². The maximum absolute atomic E-state index is 8.86. The van der Waals surface area contributed by atoms with Crippen molar-refractivity contribution in [3.8, 4) is 17.5 Å². The minimum absolute atomic E-state index is 0.344. The lowest BCUT2D eigenvalue weighted by molar-refractivity contribution is 0.429. The van der Waals surface area contributed by atoms with Gasteiger partial charge in [-0.1, -0.05) is 12.8 Å². The molecule has 2 aromatic heterocycles. The van der Waals surface area contributed by atoms with E-state index in [1.807, 2.05) is 6.07 Å². The zero-order valence-corrected chi connectivity index (χ0v) is 11.1. The van der Waals surface area contributed by atoms with Crippen molar-refractivity contribution in [2.45, 2.75) is 25.7 Å². The molecule has 1 saturated heterocycles. The van der Waals surface area contributed by atoms with Gasteiger partial charge >= 0.3 is 0 Å². The van der Waals surface area contributed by atoms with Gasteiger partial charge in [0.05, 0.1) is 0 Å². The lowest BCUT2D eigenvalue weighted by Gasteiger charge is -2.16. The second kappa shape index (κ2) is 5.70. The second-order valence-electron chi connectivity index (χ2n) is 4.84. The molecule has 2 aromatic rings. The highest BCUT2D eigenvalue weighted by Gasteiger charge is 2.17. The van der Waals surface area contributed by atoms with E-state index in [1.165, 1.54) is 12.8 Å². The summed E-state index contributed by atoms with van der Waals surface area (Å²) in [4.78, 5) is 10.5. The molecular formula is C14H15N5O. The number of nitriles is 1. The molecule has 0 amide bonds. The predicted octanol–water partition coefficient (Wildman–Crippen LogP) is 2.38. The van der Waals surface area contributed by atoms with Crippen molar-refractivity contribution < 1.29 is 4.52 Å². The number of hydrogen-bond acceptors (Lipinski definition) is 6. The summed E-state index contributed by atoms with van der Waals surface area (Å²) >= 11 is 0. The molecule has 0 radical (unpaired) electrons. The summed E-state index contributed by atoms with van der Waals surface area (Å²) in [6.45, 7) is 1.94. The Balaban J connectivity index is 1.84. The van der Waals surface area contributed by atoms with Gasteiger partial charge in [-0.15, -0.1) is 0 Å². The average molecular weight is 269 g/mol. The van der Waals surface area contributed by atoms with Gasteiger partial charge in [-0.2, -0.15) is 10.2 Å². The number of aromatic nitrogens is 3. The van der Waals surface area contributed by atoms with Crippen LogP contribution in [-0.2, 0) is 0 Å². The molecule has 3 heterocycles. The van der Waals surface area contributed by atoms with E-state index >= 15 is 0 Å². The first-order chi connectivity index (χ1) is 9.86. The van der Waals surface area contributed by atoms with Gasteiger partial charge in [-0.25, -0.2) is 4.98 Å². The molecule has 0 atom stereocenters. The van der Waals surface area contributed by atoms with Crippen LogP contribution < -0.4 is 4.90 Å². The third-order valence-electron chi connectivity index (χ3n) is 3.43. The van der Waals surface area contributed by atoms with E-state index < -0.39 is 0 Å². The molecule has 6 heteroatoms. The average Bonchev–Trinajstić information content (AvgIpc) is 2.83. The van der Waals surface area contributed by atoms with Gasteiger partial charge in [0.2, 0.25) is 0 Å². The second-order valence-corrected chi connectivity index (χ2v) is 4.84. The Morgan fingerprint density at radius 2 is 2.00 bits per heavy atom. The van der Waals surface area contributed by atoms with Crippen molar-refractivity contribution in [2.24, 2.45) is 0 Å². The van der Waals surface area contributed by atoms with Gasteiger partial charge in [-0.05, 0) is 30.1 Å². The molecule has 0 unspecified atom stereocenters. The number of anilines is 1. The molecule has 0 bridgehead atoms. The summed E-state index contributed by atoms with van der Waals surface area (Å²) < 4.78 is 5.30. The van der Waals surface area contributed by atoms with Gasteiger partial charge in [0.15, 0.2) is 0 Å². The Kier molecular flexibility index (Phi) is 3.59. The minimum atomic E-state index is 0.344. The van der Waals surface area contributed by atoms with Crippen LogP contribution in [0.3, 0.4) is 0 Å². The van der Waals surface area contributed by atoms with Crippen molar-refractivity contribution in [1.82, 2.24) is 15.1 Å². The lowest BCUT2D eigenvalue weighted by Crippen LogP contribution is -2.24. The molecule has 1 fully saturated rings. The lowest BCUT2D eigenvalue weighted by atomic mass is 10.2. The van der Waals surface area contributed by atoms with Crippen LogP contribution in [0.2, 0.25) is 0 Å². The van der Waals surface area contributed by atoms with Crippen LogP contribution >= 0.6 is 0 Å². The molecule has 3 rings (SSSR count). The molecule has 102 valence electrons. The molecule has 0 saturated carbocycles. The van der Waals surface area contributed by atoms with Gasteiger partial charge in [0, 0.05) is 24.8 Å². The third-order valence-corrected chi connectivity index (χ3v) is 3.43. The third kappa shape index (κ3) is 2.62. The molecule has 0 aromatic carbocycles. The summed E-state index contributed by atoms with van der Waals surface area (Å²) in [5, 5.41) is 12.9. The van der Waals surface area contributed by atoms with Crippen LogP contribution in [0.25, 0.3) is 11.5 Å². The molecule has 0 spiro atoms. The number of rotatable bonds is 2. The van der Waals surface area contributed by atoms with Crippen LogP contribution in [0.15, 0.2) is 22.9 Å². The molecule has 20 heavy (non-hydrogen) atoms. The number of nitrogens with zero attached hydrogens (tertiary/aromatic N) is 5. The molecule has 0 N–H and O–H groups in total. The van der Waals surface area contributed by atoms with E-state index in [9.17, 15) is 0 Å². The maximum Gasteiger partial charge on any atom is 0.266 e. The zero-order chi connectivity index (χ0) is 13.8. The van der Waals surface area contributed by atoms with E-state index in [-0.39, 0.29) is 0 Å². The molecule has 1 aliphatic heterocycles. The molecular weight excluding hydrogens is 254 g/mol. The van der Waals surface area contributed by atoms with Crippen molar-refractivity contribution in [2.75, 3.05) is 18.0 Å². The van der Waals surface area contributed by atoms with Crippen molar-refractivity contribution in [1.29, 1.82) is 5.26 Å². The Hall–Kier alpha value is -2.42. The largest absolute Gasteiger partial charge is 0.338 e. The van der Waals surface area contributed by atoms with E-state index in [0.717, 1.165) is 31.5 Å². The van der Waals surface area contributed by atoms with Crippen LogP contribution in [0, 0.1) is 11.3 Å². The van der Waals surface area contributed by atoms with Crippen molar-refractivity contribution in [3.05, 3.63) is 24.0 Å². The fraction of sp³-hybridized carbons (Fsp3) is 0.429. The van der Waals surface area contributed by atoms with Gasteiger partial charge in [0.25, 0.3) is 11.8 Å². The van der Waals surface area contributed by atoms with Crippen LogP contribution in [0.1, 0.15) is 31.4 Å². The SMILES string of the molecule is N#Cc1cc(-c2nc(N3CCCCCC3)no2)ccn1. The Bertz CT molecular complexity index is 622. The zero-order valence-electron chi connectivity index (χ0n) is 11.1. The summed E-state index contributed by atoms with van der Waals surface area (Å²) in [5.41, 5.74) is 1.07. The normalized spacial score (nSPS) is 15.7. The predicted molar refractivity (Wildman–Crippen MR) is 72.9 cm³/mol. The minimum Gasteiger partial charge on any atom is -0.338 e. The first-order valence-corrected chi connectivity index (χ1v) is 6.82. The van der Waals surface area contributed by atoms with Gasteiger partial charge in [-0.3, -0.25) is 0 Å². The molecule has 6 nitrogen and oxygen atoms in total. The fourth-order valence-corrected chi connectivity index (χ4v) is 2.36. The summed E-state index contributed by atoms with van der Waals surface area (Å²) in [6, 6.07) is 5.42. The Morgan fingerprint density at radius 1 is 1.20 bits per heavy atom. The molecule has 1 aliphatic rings. The summed E-state index contributed by atoms with van der Waals surface area (Å²) in [6.07, 6.45) is 6.42. The topological polar surface area (TPSA) is 78.8 Å².